The average Bonchev–Trinajstić information content (AvgIpc) is 3.18. The quantitative estimate of drug-likeness (QED) is 0.0153. The number of esters is 2. The average molecular weight is 806 g/mol. The first-order valence-corrected chi connectivity index (χ1v) is 22.9. The highest BCUT2D eigenvalue weighted by molar-refractivity contribution is 7.47. The van der Waals surface area contributed by atoms with E-state index in [0.29, 0.717) is 6.42 Å². The molecule has 0 aliphatic rings. The van der Waals surface area contributed by atoms with Crippen molar-refractivity contribution in [2.24, 2.45) is 5.73 Å². The molecule has 2 atom stereocenters. The van der Waals surface area contributed by atoms with Crippen molar-refractivity contribution >= 4 is 25.5 Å². The van der Waals surface area contributed by atoms with Gasteiger partial charge in [-0.1, -0.05) is 138 Å². The molecule has 320 valence electrons. The normalized spacial score (nSPS) is 13.9. The van der Waals surface area contributed by atoms with E-state index in [0.717, 1.165) is 51.4 Å². The number of unbranched alkanes of at least 4 members (excludes halogenated alkanes) is 13. The van der Waals surface area contributed by atoms with Crippen LogP contribution in [0.1, 0.15) is 162 Å². The van der Waals surface area contributed by atoms with Gasteiger partial charge in [-0.2, -0.15) is 0 Å². The molecule has 0 bridgehead atoms. The van der Waals surface area contributed by atoms with E-state index >= 15 is 0 Å². The summed E-state index contributed by atoms with van der Waals surface area (Å²) in [7, 11) is -4.45. The fourth-order valence-corrected chi connectivity index (χ4v) is 6.09. The number of ketones is 1. The van der Waals surface area contributed by atoms with Gasteiger partial charge < -0.3 is 20.1 Å². The van der Waals surface area contributed by atoms with Crippen molar-refractivity contribution in [3.63, 3.8) is 0 Å². The highest BCUT2D eigenvalue weighted by Gasteiger charge is 2.26. The van der Waals surface area contributed by atoms with Crippen LogP contribution in [0.4, 0.5) is 0 Å². The van der Waals surface area contributed by atoms with Crippen LogP contribution in [0.3, 0.4) is 0 Å². The first-order valence-electron chi connectivity index (χ1n) is 21.4. The molecule has 0 saturated heterocycles. The molecule has 0 aromatic carbocycles. The molecule has 1 unspecified atom stereocenters. The summed E-state index contributed by atoms with van der Waals surface area (Å²) in [5, 5.41) is 0. The largest absolute Gasteiger partial charge is 0.472 e. The molecule has 3 N–H and O–H groups in total. The molecule has 0 aliphatic carbocycles. The van der Waals surface area contributed by atoms with Gasteiger partial charge >= 0.3 is 19.8 Å². The maximum absolute atomic E-state index is 12.6. The van der Waals surface area contributed by atoms with Crippen LogP contribution in [-0.2, 0) is 37.5 Å². The second-order valence-electron chi connectivity index (χ2n) is 13.9. The van der Waals surface area contributed by atoms with Crippen molar-refractivity contribution in [1.29, 1.82) is 0 Å². The molecule has 0 aliphatic heterocycles. The number of hydrogen-bond acceptors (Lipinski definition) is 9. The molecule has 56 heavy (non-hydrogen) atoms. The highest BCUT2D eigenvalue weighted by atomic mass is 31.2. The van der Waals surface area contributed by atoms with E-state index in [-0.39, 0.29) is 51.2 Å². The molecule has 0 saturated carbocycles. The number of carbonyl (C=O) groups is 3. The van der Waals surface area contributed by atoms with E-state index in [1.807, 2.05) is 12.2 Å². The minimum Gasteiger partial charge on any atom is -0.462 e. The van der Waals surface area contributed by atoms with E-state index in [4.69, 9.17) is 24.3 Å². The molecule has 0 aromatic rings. The maximum Gasteiger partial charge on any atom is 0.472 e. The molecule has 0 fully saturated rings. The van der Waals surface area contributed by atoms with Crippen LogP contribution in [0.5, 0.6) is 0 Å². The van der Waals surface area contributed by atoms with Gasteiger partial charge in [0.05, 0.1) is 13.2 Å². The van der Waals surface area contributed by atoms with E-state index in [1.165, 1.54) is 70.3 Å². The number of allylic oxidation sites excluding steroid dienone is 12. The number of ether oxygens (including phenoxy) is 2. The molecule has 0 aromatic heterocycles. The lowest BCUT2D eigenvalue weighted by Gasteiger charge is -2.19. The molecule has 0 rings (SSSR count). The highest BCUT2D eigenvalue weighted by Crippen LogP contribution is 2.43. The summed E-state index contributed by atoms with van der Waals surface area (Å²) in [5.74, 6) is -1.23. The van der Waals surface area contributed by atoms with E-state index in [2.05, 4.69) is 62.5 Å². The molecular weight excluding hydrogens is 729 g/mol. The van der Waals surface area contributed by atoms with Gasteiger partial charge in [0.1, 0.15) is 6.61 Å². The Kier molecular flexibility index (Phi) is 38.2. The SMILES string of the molecule is CCCCC/C=C\C/C=C\C/C=C\C=C\C(=O)CCCC(=O)O[C@H](COC(=O)CCCCCCCCC/C=C\C/C=C\CCCCC)COP(=O)(O)OCCN. The van der Waals surface area contributed by atoms with Crippen LogP contribution in [0.15, 0.2) is 72.9 Å². The van der Waals surface area contributed by atoms with Crippen molar-refractivity contribution in [3.05, 3.63) is 72.9 Å². The summed E-state index contributed by atoms with van der Waals surface area (Å²) in [4.78, 5) is 47.1. The van der Waals surface area contributed by atoms with Gasteiger partial charge in [0, 0.05) is 25.8 Å². The predicted octanol–water partition coefficient (Wildman–Crippen LogP) is 11.5. The van der Waals surface area contributed by atoms with Gasteiger partial charge in [-0.15, -0.1) is 0 Å². The van der Waals surface area contributed by atoms with Gasteiger partial charge in [0.25, 0.3) is 0 Å². The summed E-state index contributed by atoms with van der Waals surface area (Å²) in [5.41, 5.74) is 5.33. The Morgan fingerprint density at radius 3 is 1.70 bits per heavy atom. The van der Waals surface area contributed by atoms with Gasteiger partial charge in [-0.05, 0) is 76.7 Å². The van der Waals surface area contributed by atoms with Crippen molar-refractivity contribution in [1.82, 2.24) is 0 Å². The fraction of sp³-hybridized carbons (Fsp3) is 0.667. The molecule has 0 amide bonds. The smallest absolute Gasteiger partial charge is 0.462 e. The lowest BCUT2D eigenvalue weighted by atomic mass is 10.1. The molecule has 0 spiro atoms. The number of phosphoric ester groups is 1. The molecule has 10 nitrogen and oxygen atoms in total. The summed E-state index contributed by atoms with van der Waals surface area (Å²) in [6.07, 6.45) is 45.0. The Balaban J connectivity index is 4.39. The lowest BCUT2D eigenvalue weighted by molar-refractivity contribution is -0.161. The van der Waals surface area contributed by atoms with Gasteiger partial charge in [-0.3, -0.25) is 23.4 Å². The van der Waals surface area contributed by atoms with Crippen molar-refractivity contribution in [2.75, 3.05) is 26.4 Å². The van der Waals surface area contributed by atoms with E-state index in [9.17, 15) is 23.8 Å². The first-order chi connectivity index (χ1) is 27.2. The monoisotopic (exact) mass is 806 g/mol. The number of hydrogen-bond donors (Lipinski definition) is 2. The predicted molar refractivity (Wildman–Crippen MR) is 229 cm³/mol. The fourth-order valence-electron chi connectivity index (χ4n) is 5.32. The zero-order chi connectivity index (χ0) is 41.2. The number of carbonyl (C=O) groups excluding carboxylic acids is 3. The Morgan fingerprint density at radius 2 is 1.11 bits per heavy atom. The Labute approximate surface area is 339 Å². The van der Waals surface area contributed by atoms with E-state index < -0.39 is 32.5 Å². The summed E-state index contributed by atoms with van der Waals surface area (Å²) in [6, 6.07) is 0. The second kappa shape index (κ2) is 40.3. The van der Waals surface area contributed by atoms with Crippen molar-refractivity contribution < 1.29 is 42.4 Å². The number of phosphoric acid groups is 1. The molecular formula is C45H76NO9P. The Hall–Kier alpha value is -2.88. The summed E-state index contributed by atoms with van der Waals surface area (Å²) < 4.78 is 32.5. The maximum atomic E-state index is 12.6. The summed E-state index contributed by atoms with van der Waals surface area (Å²) in [6.45, 7) is 3.37. The van der Waals surface area contributed by atoms with E-state index in [1.54, 1.807) is 6.08 Å². The molecule has 0 radical (unpaired) electrons. The van der Waals surface area contributed by atoms with Crippen LogP contribution in [0.25, 0.3) is 0 Å². The standard InChI is InChI=1S/C45H76NO9P/c1-3-5-7-9-11-13-15-17-18-19-20-22-24-26-28-30-32-36-44(48)52-40-43(41-54-56(50,51)53-39-38-46)55-45(49)37-33-35-42(47)34-31-29-27-25-23-21-16-14-12-10-8-6-4-2/h11-14,17-18,21,23,27,29,31,34,43H,3-10,15-16,19-20,22,24-26,28,30,32-33,35-41,46H2,1-2H3,(H,50,51)/b13-11-,14-12-,18-17-,23-21-,29-27-,34-31+/t43-/m1/s1. The minimum absolute atomic E-state index is 0.0119. The first kappa shape index (κ1) is 53.1. The van der Waals surface area contributed by atoms with Crippen LogP contribution in [-0.4, -0.2) is 55.1 Å². The van der Waals surface area contributed by atoms with Gasteiger partial charge in [0.2, 0.25) is 0 Å². The van der Waals surface area contributed by atoms with Gasteiger partial charge in [-0.25, -0.2) is 4.57 Å². The Bertz CT molecular complexity index is 1210. The molecule has 11 heteroatoms. The number of nitrogens with two attached hydrogens (primary N) is 1. The van der Waals surface area contributed by atoms with Crippen molar-refractivity contribution in [2.45, 2.75) is 168 Å². The molecule has 0 heterocycles. The zero-order valence-electron chi connectivity index (χ0n) is 34.8. The van der Waals surface area contributed by atoms with Crippen molar-refractivity contribution in [3.8, 4) is 0 Å². The van der Waals surface area contributed by atoms with Crippen LogP contribution >= 0.6 is 7.82 Å². The van der Waals surface area contributed by atoms with Crippen LogP contribution < -0.4 is 5.73 Å². The zero-order valence-corrected chi connectivity index (χ0v) is 35.7. The van der Waals surface area contributed by atoms with Crippen LogP contribution in [0.2, 0.25) is 0 Å². The topological polar surface area (TPSA) is 151 Å². The third-order valence-electron chi connectivity index (χ3n) is 8.54. The van der Waals surface area contributed by atoms with Gasteiger partial charge in [0.15, 0.2) is 11.9 Å². The minimum atomic E-state index is -4.45. The number of rotatable bonds is 39. The van der Waals surface area contributed by atoms with Crippen LogP contribution in [0, 0.1) is 0 Å². The Morgan fingerprint density at radius 1 is 0.589 bits per heavy atom. The summed E-state index contributed by atoms with van der Waals surface area (Å²) >= 11 is 0. The third-order valence-corrected chi connectivity index (χ3v) is 9.53. The second-order valence-corrected chi connectivity index (χ2v) is 15.3. The third kappa shape index (κ3) is 39.4. The lowest BCUT2D eigenvalue weighted by Crippen LogP contribution is -2.29.